The lowest BCUT2D eigenvalue weighted by atomic mass is 10.1. The summed E-state index contributed by atoms with van der Waals surface area (Å²) >= 11 is 7.64. The number of halogens is 1. The average molecular weight is 459 g/mol. The van der Waals surface area contributed by atoms with Gasteiger partial charge in [-0.15, -0.1) is 0 Å². The summed E-state index contributed by atoms with van der Waals surface area (Å²) in [6, 6.07) is 6.93. The highest BCUT2D eigenvalue weighted by atomic mass is 35.5. The van der Waals surface area contributed by atoms with Gasteiger partial charge in [-0.05, 0) is 37.5 Å². The molecule has 3 heterocycles. The second kappa shape index (κ2) is 9.87. The van der Waals surface area contributed by atoms with Crippen molar-refractivity contribution in [3.63, 3.8) is 0 Å². The van der Waals surface area contributed by atoms with Crippen molar-refractivity contribution in [3.05, 3.63) is 41.0 Å². The normalized spacial score (nSPS) is 14.4. The van der Waals surface area contributed by atoms with E-state index in [0.29, 0.717) is 28.9 Å². The third-order valence-electron chi connectivity index (χ3n) is 5.15. The van der Waals surface area contributed by atoms with Crippen molar-refractivity contribution in [2.24, 2.45) is 0 Å². The van der Waals surface area contributed by atoms with Crippen LogP contribution < -0.4 is 10.2 Å². The molecule has 4 rings (SSSR count). The van der Waals surface area contributed by atoms with E-state index < -0.39 is 0 Å². The van der Waals surface area contributed by atoms with Gasteiger partial charge >= 0.3 is 0 Å². The Hall–Kier alpha value is -2.32. The van der Waals surface area contributed by atoms with E-state index >= 15 is 0 Å². The first-order valence-electron chi connectivity index (χ1n) is 10.7. The third-order valence-corrected chi connectivity index (χ3v) is 6.25. The molecule has 1 aromatic carbocycles. The third kappa shape index (κ3) is 5.30. The molecule has 9 heteroatoms. The monoisotopic (exact) mass is 458 g/mol. The minimum atomic E-state index is -0.154. The SMILES string of the molecule is CC(C)Sc1nc(N2CCCCC2)c2cnn(CCNC(=O)c3cccc(Cl)c3)c2n1. The van der Waals surface area contributed by atoms with Crippen molar-refractivity contribution < 1.29 is 4.79 Å². The zero-order chi connectivity index (χ0) is 21.8. The molecule has 2 aromatic heterocycles. The molecule has 0 bridgehead atoms. The van der Waals surface area contributed by atoms with Gasteiger partial charge in [0.25, 0.3) is 5.91 Å². The van der Waals surface area contributed by atoms with Crippen LogP contribution in [0.3, 0.4) is 0 Å². The van der Waals surface area contributed by atoms with Crippen molar-refractivity contribution in [1.82, 2.24) is 25.1 Å². The summed E-state index contributed by atoms with van der Waals surface area (Å²) in [4.78, 5) is 24.4. The highest BCUT2D eigenvalue weighted by Gasteiger charge is 2.20. The summed E-state index contributed by atoms with van der Waals surface area (Å²) in [5, 5.41) is 10.2. The van der Waals surface area contributed by atoms with Crippen molar-refractivity contribution >= 4 is 46.1 Å². The summed E-state index contributed by atoms with van der Waals surface area (Å²) in [5.41, 5.74) is 1.36. The summed E-state index contributed by atoms with van der Waals surface area (Å²) in [7, 11) is 0. The number of hydrogen-bond donors (Lipinski definition) is 1. The van der Waals surface area contributed by atoms with E-state index in [2.05, 4.69) is 29.2 Å². The number of carbonyl (C=O) groups is 1. The van der Waals surface area contributed by atoms with Gasteiger partial charge in [0.1, 0.15) is 5.82 Å². The van der Waals surface area contributed by atoms with Crippen LogP contribution in [0.2, 0.25) is 5.02 Å². The van der Waals surface area contributed by atoms with Crippen LogP contribution in [0.5, 0.6) is 0 Å². The summed E-state index contributed by atoms with van der Waals surface area (Å²) in [6.07, 6.45) is 5.48. The smallest absolute Gasteiger partial charge is 0.251 e. The zero-order valence-corrected chi connectivity index (χ0v) is 19.4. The number of hydrogen-bond acceptors (Lipinski definition) is 6. The molecule has 1 saturated heterocycles. The molecule has 31 heavy (non-hydrogen) atoms. The summed E-state index contributed by atoms with van der Waals surface area (Å²) in [5.74, 6) is 0.820. The number of rotatable bonds is 7. The number of carbonyl (C=O) groups excluding carboxylic acids is 1. The minimum Gasteiger partial charge on any atom is -0.356 e. The maximum absolute atomic E-state index is 12.4. The topological polar surface area (TPSA) is 75.9 Å². The lowest BCUT2D eigenvalue weighted by molar-refractivity contribution is 0.0952. The molecule has 0 unspecified atom stereocenters. The lowest BCUT2D eigenvalue weighted by Gasteiger charge is -2.28. The maximum atomic E-state index is 12.4. The number of aromatic nitrogens is 4. The maximum Gasteiger partial charge on any atom is 0.251 e. The molecule has 0 saturated carbocycles. The second-order valence-corrected chi connectivity index (χ2v) is 9.90. The van der Waals surface area contributed by atoms with E-state index in [1.807, 2.05) is 10.9 Å². The van der Waals surface area contributed by atoms with Gasteiger partial charge in [0, 0.05) is 35.5 Å². The Balaban J connectivity index is 1.54. The predicted molar refractivity (Wildman–Crippen MR) is 126 cm³/mol. The van der Waals surface area contributed by atoms with Crippen molar-refractivity contribution in [1.29, 1.82) is 0 Å². The van der Waals surface area contributed by atoms with Crippen molar-refractivity contribution in [2.75, 3.05) is 24.5 Å². The molecule has 1 fully saturated rings. The van der Waals surface area contributed by atoms with E-state index in [1.165, 1.54) is 19.3 Å². The first kappa shape index (κ1) is 21.9. The Morgan fingerprint density at radius 2 is 2.03 bits per heavy atom. The van der Waals surface area contributed by atoms with Gasteiger partial charge in [-0.25, -0.2) is 14.6 Å². The molecule has 7 nitrogen and oxygen atoms in total. The molecule has 1 N–H and O–H groups in total. The standard InChI is InChI=1S/C22H27ClN6OS/c1-15(2)31-22-26-19(28-10-4-3-5-11-28)18-14-25-29(20(18)27-22)12-9-24-21(30)16-7-6-8-17(23)13-16/h6-8,13-15H,3-5,9-12H2,1-2H3,(H,24,30). The number of nitrogens with zero attached hydrogens (tertiary/aromatic N) is 5. The number of fused-ring (bicyclic) bond motifs is 1. The summed E-state index contributed by atoms with van der Waals surface area (Å²) in [6.45, 7) is 7.27. The van der Waals surface area contributed by atoms with Crippen LogP contribution in [0, 0.1) is 0 Å². The van der Waals surface area contributed by atoms with E-state index in [-0.39, 0.29) is 5.91 Å². The fraction of sp³-hybridized carbons (Fsp3) is 0.455. The van der Waals surface area contributed by atoms with Crippen LogP contribution in [-0.4, -0.2) is 50.5 Å². The average Bonchev–Trinajstić information content (AvgIpc) is 3.16. The molecule has 0 radical (unpaired) electrons. The van der Waals surface area contributed by atoms with E-state index in [1.54, 1.807) is 36.0 Å². The number of thioether (sulfide) groups is 1. The Morgan fingerprint density at radius 1 is 1.23 bits per heavy atom. The number of anilines is 1. The van der Waals surface area contributed by atoms with Gasteiger partial charge < -0.3 is 10.2 Å². The van der Waals surface area contributed by atoms with Crippen molar-refractivity contribution in [2.45, 2.75) is 50.1 Å². The van der Waals surface area contributed by atoms with Crippen LogP contribution in [0.4, 0.5) is 5.82 Å². The van der Waals surface area contributed by atoms with Crippen molar-refractivity contribution in [3.8, 4) is 0 Å². The van der Waals surface area contributed by atoms with Gasteiger partial charge in [0.2, 0.25) is 0 Å². The van der Waals surface area contributed by atoms with E-state index in [0.717, 1.165) is 35.1 Å². The van der Waals surface area contributed by atoms with E-state index in [4.69, 9.17) is 21.6 Å². The van der Waals surface area contributed by atoms with Crippen LogP contribution in [0.25, 0.3) is 11.0 Å². The van der Waals surface area contributed by atoms with Crippen LogP contribution >= 0.6 is 23.4 Å². The Morgan fingerprint density at radius 3 is 2.77 bits per heavy atom. The van der Waals surface area contributed by atoms with Gasteiger partial charge in [-0.2, -0.15) is 5.10 Å². The fourth-order valence-electron chi connectivity index (χ4n) is 3.70. The molecule has 1 aliphatic heterocycles. The number of nitrogens with one attached hydrogen (secondary N) is 1. The molecule has 3 aromatic rings. The molecule has 0 atom stereocenters. The molecule has 164 valence electrons. The first-order chi connectivity index (χ1) is 15.0. The van der Waals surface area contributed by atoms with E-state index in [9.17, 15) is 4.79 Å². The number of amides is 1. The molecule has 1 amide bonds. The minimum absolute atomic E-state index is 0.154. The molecule has 0 spiro atoms. The van der Waals surface area contributed by atoms with Gasteiger partial charge in [0.15, 0.2) is 10.8 Å². The molecule has 1 aliphatic rings. The lowest BCUT2D eigenvalue weighted by Crippen LogP contribution is -2.30. The van der Waals surface area contributed by atoms with Gasteiger partial charge in [0.05, 0.1) is 18.1 Å². The molecule has 0 aliphatic carbocycles. The van der Waals surface area contributed by atoms with Crippen LogP contribution in [0.15, 0.2) is 35.6 Å². The fourth-order valence-corrected chi connectivity index (χ4v) is 4.59. The van der Waals surface area contributed by atoms with Gasteiger partial charge in [-0.1, -0.05) is 43.3 Å². The predicted octanol–water partition coefficient (Wildman–Crippen LogP) is 4.40. The Kier molecular flexibility index (Phi) is 6.97. The highest BCUT2D eigenvalue weighted by molar-refractivity contribution is 7.99. The largest absolute Gasteiger partial charge is 0.356 e. The first-order valence-corrected chi connectivity index (χ1v) is 12.0. The number of benzene rings is 1. The molecular formula is C22H27ClN6OS. The molecular weight excluding hydrogens is 432 g/mol. The quantitative estimate of drug-likeness (QED) is 0.417. The Bertz CT molecular complexity index is 1060. The Labute approximate surface area is 191 Å². The van der Waals surface area contributed by atoms with Crippen LogP contribution in [-0.2, 0) is 6.54 Å². The zero-order valence-electron chi connectivity index (χ0n) is 17.8. The summed E-state index contributed by atoms with van der Waals surface area (Å²) < 4.78 is 1.85. The highest BCUT2D eigenvalue weighted by Crippen LogP contribution is 2.30. The van der Waals surface area contributed by atoms with Crippen LogP contribution in [0.1, 0.15) is 43.5 Å². The van der Waals surface area contributed by atoms with Gasteiger partial charge in [-0.3, -0.25) is 4.79 Å². The number of piperidine rings is 1. The second-order valence-electron chi connectivity index (χ2n) is 7.92.